The highest BCUT2D eigenvalue weighted by Gasteiger charge is 2.18. The molecule has 0 spiro atoms. The highest BCUT2D eigenvalue weighted by atomic mass is 35.5. The van der Waals surface area contributed by atoms with Crippen LogP contribution in [0.3, 0.4) is 0 Å². The first-order valence-electron chi connectivity index (χ1n) is 12.5. The molecule has 0 saturated heterocycles. The van der Waals surface area contributed by atoms with Crippen molar-refractivity contribution in [3.63, 3.8) is 0 Å². The smallest absolute Gasteiger partial charge is 0.323 e. The third kappa shape index (κ3) is 6.51. The van der Waals surface area contributed by atoms with E-state index < -0.39 is 23.0 Å². The Kier molecular flexibility index (Phi) is 8.95. The van der Waals surface area contributed by atoms with Gasteiger partial charge in [0.1, 0.15) is 17.7 Å². The Morgan fingerprint density at radius 1 is 1.17 bits per heavy atom. The van der Waals surface area contributed by atoms with E-state index >= 15 is 4.39 Å². The maximum absolute atomic E-state index is 15.0. The van der Waals surface area contributed by atoms with Crippen molar-refractivity contribution in [2.45, 2.75) is 40.7 Å². The molecule has 0 aliphatic heterocycles. The number of rotatable bonds is 8. The van der Waals surface area contributed by atoms with Crippen molar-refractivity contribution in [1.29, 1.82) is 5.26 Å². The standard InChI is InChI=1S/C29H25ClF2N6O2S/c1-5-16(3)9-20(30)11-21(6-2)38-28(39)36-27(35-24-13-26-25(12-23(24)32)34-17(4)41-26)37(29(38)40)15-18-7-8-22(31)19(10-18)14-33/h6-13H,5,15H2,1-4H3,(H,35,36,39)/b16-9+,20-11+,21-6+. The number of halogens is 3. The average molecular weight is 595 g/mol. The summed E-state index contributed by atoms with van der Waals surface area (Å²) < 4.78 is 31.7. The van der Waals surface area contributed by atoms with Gasteiger partial charge in [-0.05, 0) is 63.1 Å². The Morgan fingerprint density at radius 2 is 1.93 bits per heavy atom. The molecule has 1 N–H and O–H groups in total. The zero-order chi connectivity index (χ0) is 29.8. The van der Waals surface area contributed by atoms with E-state index in [4.69, 9.17) is 11.6 Å². The van der Waals surface area contributed by atoms with Crippen LogP contribution in [0.2, 0.25) is 0 Å². The second-order valence-electron chi connectivity index (χ2n) is 9.09. The molecule has 0 fully saturated rings. The Labute approximate surface area is 243 Å². The molecule has 2 aromatic heterocycles. The van der Waals surface area contributed by atoms with Crippen molar-refractivity contribution in [3.8, 4) is 6.07 Å². The minimum absolute atomic E-state index is 0.0230. The van der Waals surface area contributed by atoms with Gasteiger partial charge in [-0.25, -0.2) is 27.9 Å². The van der Waals surface area contributed by atoms with Gasteiger partial charge in [-0.1, -0.05) is 36.2 Å². The van der Waals surface area contributed by atoms with Crippen LogP contribution in [0.25, 0.3) is 15.9 Å². The fraction of sp³-hybridized carbons (Fsp3) is 0.207. The molecule has 2 aromatic carbocycles. The molecular weight excluding hydrogens is 570 g/mol. The van der Waals surface area contributed by atoms with Crippen LogP contribution in [-0.2, 0) is 6.54 Å². The molecule has 0 unspecified atom stereocenters. The fourth-order valence-corrected chi connectivity index (χ4v) is 5.12. The first-order valence-corrected chi connectivity index (χ1v) is 13.7. The highest BCUT2D eigenvalue weighted by Crippen LogP contribution is 2.29. The largest absolute Gasteiger partial charge is 0.359 e. The number of hydrogen-bond donors (Lipinski definition) is 1. The van der Waals surface area contributed by atoms with Gasteiger partial charge in [0.25, 0.3) is 0 Å². The lowest BCUT2D eigenvalue weighted by molar-refractivity contribution is 0.619. The number of nitriles is 1. The number of thiazole rings is 1. The van der Waals surface area contributed by atoms with Gasteiger partial charge in [-0.15, -0.1) is 11.3 Å². The summed E-state index contributed by atoms with van der Waals surface area (Å²) in [6.07, 6.45) is 5.48. The Hall–Kier alpha value is -4.40. The minimum Gasteiger partial charge on any atom is -0.323 e. The first-order chi connectivity index (χ1) is 19.5. The van der Waals surface area contributed by atoms with Crippen LogP contribution < -0.4 is 16.7 Å². The van der Waals surface area contributed by atoms with Gasteiger partial charge in [0.05, 0.1) is 38.7 Å². The number of hydrogen-bond acceptors (Lipinski definition) is 7. The van der Waals surface area contributed by atoms with E-state index in [1.54, 1.807) is 26.0 Å². The van der Waals surface area contributed by atoms with Crippen molar-refractivity contribution >= 4 is 50.5 Å². The van der Waals surface area contributed by atoms with Crippen LogP contribution in [0.4, 0.5) is 20.4 Å². The van der Waals surface area contributed by atoms with Crippen LogP contribution in [0.1, 0.15) is 43.3 Å². The summed E-state index contributed by atoms with van der Waals surface area (Å²) in [5.41, 5.74) is 0.0367. The molecule has 41 heavy (non-hydrogen) atoms. The van der Waals surface area contributed by atoms with Gasteiger partial charge < -0.3 is 5.32 Å². The highest BCUT2D eigenvalue weighted by molar-refractivity contribution is 7.18. The van der Waals surface area contributed by atoms with E-state index in [2.05, 4.69) is 15.3 Å². The van der Waals surface area contributed by atoms with E-state index in [1.165, 1.54) is 47.8 Å². The topological polar surface area (TPSA) is 106 Å². The summed E-state index contributed by atoms with van der Waals surface area (Å²) in [5, 5.41) is 13.1. The summed E-state index contributed by atoms with van der Waals surface area (Å²) in [4.78, 5) is 35.5. The van der Waals surface area contributed by atoms with Crippen LogP contribution >= 0.6 is 22.9 Å². The maximum Gasteiger partial charge on any atom is 0.359 e. The number of nitrogens with zero attached hydrogens (tertiary/aromatic N) is 5. The second-order valence-corrected chi connectivity index (χ2v) is 10.8. The Balaban J connectivity index is 1.90. The molecule has 0 saturated carbocycles. The van der Waals surface area contributed by atoms with Crippen LogP contribution in [0, 0.1) is 29.9 Å². The SMILES string of the molecule is C\C=C(/C=C(Cl)\C=C(/C)CC)n1c(=O)nc(Nc2cc3sc(C)nc3cc2F)n(Cc2ccc(F)c(C#N)c2)c1=O. The summed E-state index contributed by atoms with van der Waals surface area (Å²) in [5.74, 6) is -1.62. The van der Waals surface area contributed by atoms with Crippen molar-refractivity contribution < 1.29 is 8.78 Å². The molecule has 12 heteroatoms. The number of fused-ring (bicyclic) bond motifs is 1. The van der Waals surface area contributed by atoms with Crippen molar-refractivity contribution in [3.05, 3.63) is 108 Å². The fourth-order valence-electron chi connectivity index (χ4n) is 3.97. The number of aromatic nitrogens is 4. The number of nitrogens with one attached hydrogen (secondary N) is 1. The quantitative estimate of drug-likeness (QED) is 0.230. The maximum atomic E-state index is 15.0. The van der Waals surface area contributed by atoms with E-state index in [0.29, 0.717) is 20.8 Å². The number of allylic oxidation sites excluding steroid dienone is 6. The van der Waals surface area contributed by atoms with Gasteiger partial charge in [0.2, 0.25) is 5.95 Å². The van der Waals surface area contributed by atoms with Gasteiger partial charge in [0, 0.05) is 11.1 Å². The third-order valence-corrected chi connectivity index (χ3v) is 7.33. The van der Waals surface area contributed by atoms with Crippen LogP contribution in [-0.4, -0.2) is 19.1 Å². The molecule has 8 nitrogen and oxygen atoms in total. The monoisotopic (exact) mass is 594 g/mol. The normalized spacial score (nSPS) is 12.6. The minimum atomic E-state index is -0.925. The summed E-state index contributed by atoms with van der Waals surface area (Å²) in [6.45, 7) is 7.08. The zero-order valence-corrected chi connectivity index (χ0v) is 24.2. The molecule has 0 radical (unpaired) electrons. The lowest BCUT2D eigenvalue weighted by atomic mass is 10.1. The van der Waals surface area contributed by atoms with Crippen LogP contribution in [0.5, 0.6) is 0 Å². The van der Waals surface area contributed by atoms with E-state index in [0.717, 1.165) is 32.2 Å². The first kappa shape index (κ1) is 29.6. The molecular formula is C29H25ClF2N6O2S. The molecule has 2 heterocycles. The van der Waals surface area contributed by atoms with E-state index in [1.807, 2.05) is 13.8 Å². The van der Waals surface area contributed by atoms with Crippen molar-refractivity contribution in [1.82, 2.24) is 19.1 Å². The molecule has 0 amide bonds. The van der Waals surface area contributed by atoms with Gasteiger partial charge in [-0.2, -0.15) is 10.2 Å². The number of anilines is 2. The lowest BCUT2D eigenvalue weighted by Gasteiger charge is -2.16. The Morgan fingerprint density at radius 3 is 2.61 bits per heavy atom. The zero-order valence-electron chi connectivity index (χ0n) is 22.6. The molecule has 4 rings (SSSR count). The molecule has 210 valence electrons. The van der Waals surface area contributed by atoms with Crippen molar-refractivity contribution in [2.75, 3.05) is 5.32 Å². The van der Waals surface area contributed by atoms with E-state index in [-0.39, 0.29) is 29.4 Å². The van der Waals surface area contributed by atoms with Crippen LogP contribution in [0.15, 0.2) is 68.8 Å². The third-order valence-electron chi connectivity index (χ3n) is 6.17. The average Bonchev–Trinajstić information content (AvgIpc) is 3.29. The lowest BCUT2D eigenvalue weighted by Crippen LogP contribution is -2.42. The summed E-state index contributed by atoms with van der Waals surface area (Å²) in [6, 6.07) is 8.34. The molecule has 0 atom stereocenters. The van der Waals surface area contributed by atoms with Crippen molar-refractivity contribution in [2.24, 2.45) is 0 Å². The van der Waals surface area contributed by atoms with Gasteiger partial charge >= 0.3 is 11.4 Å². The number of aryl methyl sites for hydroxylation is 1. The van der Waals surface area contributed by atoms with Gasteiger partial charge in [-0.3, -0.25) is 4.57 Å². The summed E-state index contributed by atoms with van der Waals surface area (Å²) in [7, 11) is 0. The molecule has 0 aliphatic rings. The predicted molar refractivity (Wildman–Crippen MR) is 159 cm³/mol. The second kappa shape index (κ2) is 12.4. The summed E-state index contributed by atoms with van der Waals surface area (Å²) >= 11 is 7.74. The van der Waals surface area contributed by atoms with E-state index in [9.17, 15) is 19.2 Å². The van der Waals surface area contributed by atoms with Gasteiger partial charge in [0.15, 0.2) is 0 Å². The molecule has 0 bridgehead atoms. The predicted octanol–water partition coefficient (Wildman–Crippen LogP) is 6.60. The molecule has 0 aliphatic carbocycles. The molecule has 4 aromatic rings. The Bertz CT molecular complexity index is 1910. The number of benzene rings is 2.